The van der Waals surface area contributed by atoms with Crippen LogP contribution in [0.4, 0.5) is 18.9 Å². The molecule has 0 aliphatic carbocycles. The first kappa shape index (κ1) is 12.7. The molecule has 0 radical (unpaired) electrons. The third-order valence-electron chi connectivity index (χ3n) is 2.78. The van der Waals surface area contributed by atoms with E-state index in [1.807, 2.05) is 4.90 Å². The molecule has 1 saturated heterocycles. The molecule has 94 valence electrons. The van der Waals surface area contributed by atoms with Crippen LogP contribution >= 0.6 is 15.9 Å². The first-order chi connectivity index (χ1) is 7.88. The number of nitrogens with zero attached hydrogens (tertiary/aromatic N) is 1. The SMILES string of the molecule is OC1CCN(c2ccc(C(F)(F)F)cc2Br)C1. The Morgan fingerprint density at radius 1 is 1.35 bits per heavy atom. The molecule has 1 aromatic carbocycles. The lowest BCUT2D eigenvalue weighted by Gasteiger charge is -2.20. The van der Waals surface area contributed by atoms with Crippen molar-refractivity contribution in [2.45, 2.75) is 18.7 Å². The molecule has 0 amide bonds. The van der Waals surface area contributed by atoms with E-state index in [1.165, 1.54) is 6.07 Å². The normalized spacial score (nSPS) is 21.0. The van der Waals surface area contributed by atoms with Crippen molar-refractivity contribution in [2.75, 3.05) is 18.0 Å². The van der Waals surface area contributed by atoms with Crippen LogP contribution in [0.15, 0.2) is 22.7 Å². The average Bonchev–Trinajstić information content (AvgIpc) is 2.63. The van der Waals surface area contributed by atoms with Gasteiger partial charge in [-0.3, -0.25) is 0 Å². The number of halogens is 4. The van der Waals surface area contributed by atoms with Crippen LogP contribution in [-0.4, -0.2) is 24.3 Å². The van der Waals surface area contributed by atoms with Crippen molar-refractivity contribution in [2.24, 2.45) is 0 Å². The van der Waals surface area contributed by atoms with Crippen molar-refractivity contribution in [3.8, 4) is 0 Å². The van der Waals surface area contributed by atoms with Crippen molar-refractivity contribution >= 4 is 21.6 Å². The molecule has 17 heavy (non-hydrogen) atoms. The average molecular weight is 310 g/mol. The standard InChI is InChI=1S/C11H11BrF3NO/c12-9-5-7(11(13,14)15)1-2-10(9)16-4-3-8(17)6-16/h1-2,5,8,17H,3-4,6H2. The lowest BCUT2D eigenvalue weighted by atomic mass is 10.2. The largest absolute Gasteiger partial charge is 0.416 e. The highest BCUT2D eigenvalue weighted by molar-refractivity contribution is 9.10. The quantitative estimate of drug-likeness (QED) is 0.862. The predicted molar refractivity (Wildman–Crippen MR) is 62.0 cm³/mol. The predicted octanol–water partition coefficient (Wildman–Crippen LogP) is 3.04. The highest BCUT2D eigenvalue weighted by Gasteiger charge is 2.31. The van der Waals surface area contributed by atoms with Crippen LogP contribution in [-0.2, 0) is 6.18 Å². The maximum absolute atomic E-state index is 12.5. The molecule has 1 aliphatic heterocycles. The van der Waals surface area contributed by atoms with Crippen molar-refractivity contribution in [3.05, 3.63) is 28.2 Å². The minimum Gasteiger partial charge on any atom is -0.391 e. The summed E-state index contributed by atoms with van der Waals surface area (Å²) in [6.45, 7) is 1.12. The minimum atomic E-state index is -4.33. The molecule has 0 spiro atoms. The molecule has 2 rings (SSSR count). The summed E-state index contributed by atoms with van der Waals surface area (Å²) in [5, 5.41) is 9.40. The van der Waals surface area contributed by atoms with E-state index in [1.54, 1.807) is 0 Å². The molecule has 0 aromatic heterocycles. The number of hydrogen-bond acceptors (Lipinski definition) is 2. The van der Waals surface area contributed by atoms with Crippen LogP contribution in [0.1, 0.15) is 12.0 Å². The van der Waals surface area contributed by atoms with Crippen LogP contribution in [0.25, 0.3) is 0 Å². The van der Waals surface area contributed by atoms with Gasteiger partial charge in [0.15, 0.2) is 0 Å². The van der Waals surface area contributed by atoms with Gasteiger partial charge >= 0.3 is 6.18 Å². The van der Waals surface area contributed by atoms with E-state index >= 15 is 0 Å². The molecule has 1 aromatic rings. The Morgan fingerprint density at radius 3 is 2.53 bits per heavy atom. The number of hydrogen-bond donors (Lipinski definition) is 1. The molecule has 0 bridgehead atoms. The summed E-state index contributed by atoms with van der Waals surface area (Å²) in [7, 11) is 0. The van der Waals surface area contributed by atoms with Gasteiger partial charge in [-0.15, -0.1) is 0 Å². The molecule has 1 fully saturated rings. The first-order valence-electron chi connectivity index (χ1n) is 5.17. The lowest BCUT2D eigenvalue weighted by Crippen LogP contribution is -2.21. The van der Waals surface area contributed by atoms with Gasteiger partial charge in [0.05, 0.1) is 17.4 Å². The molecule has 2 nitrogen and oxygen atoms in total. The molecular weight excluding hydrogens is 299 g/mol. The number of aliphatic hydroxyl groups is 1. The zero-order chi connectivity index (χ0) is 12.6. The minimum absolute atomic E-state index is 0.399. The second-order valence-electron chi connectivity index (χ2n) is 4.05. The van der Waals surface area contributed by atoms with Crippen LogP contribution in [0.3, 0.4) is 0 Å². The maximum atomic E-state index is 12.5. The van der Waals surface area contributed by atoms with Crippen LogP contribution < -0.4 is 4.90 Å². The highest BCUT2D eigenvalue weighted by Crippen LogP contribution is 2.36. The summed E-state index contributed by atoms with van der Waals surface area (Å²) in [5.74, 6) is 0. The van der Waals surface area contributed by atoms with E-state index in [2.05, 4.69) is 15.9 Å². The van der Waals surface area contributed by atoms with E-state index in [0.717, 1.165) is 12.1 Å². The zero-order valence-corrected chi connectivity index (χ0v) is 10.4. The number of alkyl halides is 3. The number of β-amino-alcohol motifs (C(OH)–C–C–N with tert-alkyl or cyclic N) is 1. The highest BCUT2D eigenvalue weighted by atomic mass is 79.9. The van der Waals surface area contributed by atoms with Gasteiger partial charge in [-0.05, 0) is 40.5 Å². The summed E-state index contributed by atoms with van der Waals surface area (Å²) >= 11 is 3.15. The van der Waals surface area contributed by atoms with E-state index in [0.29, 0.717) is 29.7 Å². The maximum Gasteiger partial charge on any atom is 0.416 e. The molecule has 1 heterocycles. The fourth-order valence-corrected chi connectivity index (χ4v) is 2.53. The molecule has 1 atom stereocenters. The van der Waals surface area contributed by atoms with Crippen LogP contribution in [0.5, 0.6) is 0 Å². The second kappa shape index (κ2) is 4.49. The van der Waals surface area contributed by atoms with E-state index in [9.17, 15) is 18.3 Å². The Balaban J connectivity index is 2.26. The van der Waals surface area contributed by atoms with Gasteiger partial charge in [-0.1, -0.05) is 0 Å². The summed E-state index contributed by atoms with van der Waals surface area (Å²) in [6, 6.07) is 3.57. The van der Waals surface area contributed by atoms with Crippen molar-refractivity contribution in [3.63, 3.8) is 0 Å². The molecule has 1 unspecified atom stereocenters. The molecule has 6 heteroatoms. The summed E-state index contributed by atoms with van der Waals surface area (Å²) < 4.78 is 37.8. The van der Waals surface area contributed by atoms with Gasteiger partial charge in [-0.2, -0.15) is 13.2 Å². The number of aliphatic hydroxyl groups excluding tert-OH is 1. The molecule has 1 N–H and O–H groups in total. The number of rotatable bonds is 1. The Hall–Kier alpha value is -0.750. The van der Waals surface area contributed by atoms with Crippen LogP contribution in [0.2, 0.25) is 0 Å². The fourth-order valence-electron chi connectivity index (χ4n) is 1.90. The van der Waals surface area contributed by atoms with E-state index in [4.69, 9.17) is 0 Å². The van der Waals surface area contributed by atoms with Crippen molar-refractivity contribution < 1.29 is 18.3 Å². The Bertz CT molecular complexity index is 422. The van der Waals surface area contributed by atoms with Crippen LogP contribution in [0, 0.1) is 0 Å². The number of benzene rings is 1. The molecule has 0 saturated carbocycles. The molecule has 1 aliphatic rings. The fraction of sp³-hybridized carbons (Fsp3) is 0.455. The lowest BCUT2D eigenvalue weighted by molar-refractivity contribution is -0.137. The van der Waals surface area contributed by atoms with Gasteiger partial charge in [0.2, 0.25) is 0 Å². The van der Waals surface area contributed by atoms with Gasteiger partial charge in [-0.25, -0.2) is 0 Å². The van der Waals surface area contributed by atoms with Gasteiger partial charge in [0.1, 0.15) is 0 Å². The summed E-state index contributed by atoms with van der Waals surface area (Å²) in [6.07, 6.45) is -4.08. The Morgan fingerprint density at radius 2 is 2.06 bits per heavy atom. The topological polar surface area (TPSA) is 23.5 Å². The van der Waals surface area contributed by atoms with E-state index < -0.39 is 17.8 Å². The smallest absolute Gasteiger partial charge is 0.391 e. The third-order valence-corrected chi connectivity index (χ3v) is 3.41. The van der Waals surface area contributed by atoms with Crippen molar-refractivity contribution in [1.82, 2.24) is 0 Å². The Kier molecular flexibility index (Phi) is 3.36. The Labute approximate surface area is 105 Å². The monoisotopic (exact) mass is 309 g/mol. The summed E-state index contributed by atoms with van der Waals surface area (Å²) in [5.41, 5.74) is 0.0161. The zero-order valence-electron chi connectivity index (χ0n) is 8.84. The summed E-state index contributed by atoms with van der Waals surface area (Å²) in [4.78, 5) is 1.87. The van der Waals surface area contributed by atoms with Crippen molar-refractivity contribution in [1.29, 1.82) is 0 Å². The van der Waals surface area contributed by atoms with Gasteiger partial charge in [0, 0.05) is 17.6 Å². The second-order valence-corrected chi connectivity index (χ2v) is 4.91. The van der Waals surface area contributed by atoms with Gasteiger partial charge in [0.25, 0.3) is 0 Å². The third kappa shape index (κ3) is 2.74. The first-order valence-corrected chi connectivity index (χ1v) is 5.97. The number of anilines is 1. The molecular formula is C11H11BrF3NO. The van der Waals surface area contributed by atoms with Gasteiger partial charge < -0.3 is 10.0 Å². The van der Waals surface area contributed by atoms with E-state index in [-0.39, 0.29) is 0 Å².